The summed E-state index contributed by atoms with van der Waals surface area (Å²) in [6.07, 6.45) is 5.59. The van der Waals surface area contributed by atoms with Gasteiger partial charge in [-0.05, 0) is 56.3 Å². The van der Waals surface area contributed by atoms with E-state index in [0.717, 1.165) is 44.9 Å². The Morgan fingerprint density at radius 2 is 1.69 bits per heavy atom. The number of carbonyl (C=O) groups excluding carboxylic acids is 3. The summed E-state index contributed by atoms with van der Waals surface area (Å²) in [5.41, 5.74) is -0.572. The molecule has 0 aromatic heterocycles. The molecule has 7 rings (SSSR count). The minimum absolute atomic E-state index is 0.327. The van der Waals surface area contributed by atoms with Crippen molar-refractivity contribution < 1.29 is 50.3 Å². The summed E-state index contributed by atoms with van der Waals surface area (Å²) >= 11 is 0. The molecule has 8 unspecified atom stereocenters. The van der Waals surface area contributed by atoms with Gasteiger partial charge >= 0.3 is 23.2 Å². The topological polar surface area (TPSA) is 136 Å². The van der Waals surface area contributed by atoms with E-state index in [2.05, 4.69) is 4.74 Å². The highest BCUT2D eigenvalue weighted by Gasteiger charge is 2.71. The summed E-state index contributed by atoms with van der Waals surface area (Å²) in [6.45, 7) is -1.94. The average molecular weight is 518 g/mol. The third-order valence-electron chi connectivity index (χ3n) is 9.60. The summed E-state index contributed by atoms with van der Waals surface area (Å²) in [7, 11) is -6.03. The average Bonchev–Trinajstić information content (AvgIpc) is 3.32. The van der Waals surface area contributed by atoms with E-state index in [1.165, 1.54) is 0 Å². The lowest BCUT2D eigenvalue weighted by Gasteiger charge is -2.47. The van der Waals surface area contributed by atoms with Crippen LogP contribution in [0.2, 0.25) is 0 Å². The Morgan fingerprint density at radius 3 is 2.31 bits per heavy atom. The fraction of sp³-hybridized carbons (Fsp3) is 0.870. The standard InChI is InChI=1S/C23H28F2O9S/c24-23(25,35(29,30)31)9-32-19(26)15-13-5-14-16(15)20(27)33-17(14)18(13)34-21(28)22-6-10-1-2-11(7-22)4-12(3-10)8-22/h10-18H,1-9H2,(H,29,30,31)/p-1. The molecule has 6 saturated carbocycles. The van der Waals surface area contributed by atoms with Gasteiger partial charge in [0.25, 0.3) is 0 Å². The van der Waals surface area contributed by atoms with Gasteiger partial charge in [0.15, 0.2) is 16.7 Å². The Labute approximate surface area is 201 Å². The monoisotopic (exact) mass is 517 g/mol. The normalized spacial score (nSPS) is 45.3. The molecule has 6 bridgehead atoms. The molecule has 1 saturated heterocycles. The molecule has 0 aromatic rings. The fourth-order valence-corrected chi connectivity index (χ4v) is 8.69. The van der Waals surface area contributed by atoms with Crippen molar-refractivity contribution >= 4 is 28.0 Å². The third-order valence-corrected chi connectivity index (χ3v) is 10.4. The number of esters is 3. The lowest BCUT2D eigenvalue weighted by molar-refractivity contribution is -0.182. The molecule has 35 heavy (non-hydrogen) atoms. The van der Waals surface area contributed by atoms with Gasteiger partial charge in [0.05, 0.1) is 17.3 Å². The van der Waals surface area contributed by atoms with Gasteiger partial charge in [-0.1, -0.05) is 12.8 Å². The van der Waals surface area contributed by atoms with Crippen LogP contribution in [0.5, 0.6) is 0 Å². The molecule has 0 spiro atoms. The highest BCUT2D eigenvalue weighted by molar-refractivity contribution is 7.86. The number of halogens is 2. The predicted octanol–water partition coefficient (Wildman–Crippen LogP) is 1.99. The summed E-state index contributed by atoms with van der Waals surface area (Å²) in [6, 6.07) is 0. The van der Waals surface area contributed by atoms with Crippen LogP contribution in [0.1, 0.15) is 51.4 Å². The van der Waals surface area contributed by atoms with E-state index in [4.69, 9.17) is 9.47 Å². The second-order valence-corrected chi connectivity index (χ2v) is 13.1. The second kappa shape index (κ2) is 7.60. The molecule has 0 amide bonds. The first-order valence-corrected chi connectivity index (χ1v) is 13.7. The molecule has 12 heteroatoms. The lowest BCUT2D eigenvalue weighted by atomic mass is 9.58. The van der Waals surface area contributed by atoms with E-state index < -0.39 is 75.2 Å². The SMILES string of the molecule is O=C1OC2C3CC(C2OC(=O)C24CC5CCC(CC(C5)C2)C4)C(C(=O)OCC(F)(F)S(=O)(=O)[O-])C13. The zero-order valence-electron chi connectivity index (χ0n) is 18.9. The van der Waals surface area contributed by atoms with Gasteiger partial charge in [0.1, 0.15) is 12.2 Å². The van der Waals surface area contributed by atoms with Crippen molar-refractivity contribution in [1.29, 1.82) is 0 Å². The molecule has 7 fully saturated rings. The van der Waals surface area contributed by atoms with Crippen LogP contribution in [-0.4, -0.2) is 54.9 Å². The van der Waals surface area contributed by atoms with Gasteiger partial charge in [-0.2, -0.15) is 8.78 Å². The van der Waals surface area contributed by atoms with Gasteiger partial charge in [-0.3, -0.25) is 14.4 Å². The van der Waals surface area contributed by atoms with E-state index in [-0.39, 0.29) is 5.97 Å². The molecule has 7 aliphatic rings. The second-order valence-electron chi connectivity index (χ2n) is 11.6. The van der Waals surface area contributed by atoms with E-state index in [0.29, 0.717) is 24.2 Å². The fourth-order valence-electron chi connectivity index (χ4n) is 8.48. The third kappa shape index (κ3) is 3.53. The Balaban J connectivity index is 1.20. The van der Waals surface area contributed by atoms with Crippen LogP contribution in [0.25, 0.3) is 0 Å². The van der Waals surface area contributed by atoms with Crippen LogP contribution in [0, 0.1) is 46.8 Å². The zero-order chi connectivity index (χ0) is 24.9. The van der Waals surface area contributed by atoms with Crippen molar-refractivity contribution in [3.63, 3.8) is 0 Å². The highest BCUT2D eigenvalue weighted by atomic mass is 32.2. The number of hydrogen-bond donors (Lipinski definition) is 0. The molecular formula is C23H27F2O9S-. The van der Waals surface area contributed by atoms with E-state index in [1.807, 2.05) is 0 Å². The molecule has 0 radical (unpaired) electrons. The summed E-state index contributed by atoms with van der Waals surface area (Å²) in [4.78, 5) is 38.8. The number of alkyl halides is 2. The smallest absolute Gasteiger partial charge is 0.367 e. The van der Waals surface area contributed by atoms with Crippen LogP contribution in [0.3, 0.4) is 0 Å². The maximum absolute atomic E-state index is 13.6. The molecule has 0 N–H and O–H groups in total. The van der Waals surface area contributed by atoms with Gasteiger partial charge in [-0.25, -0.2) is 8.42 Å². The minimum atomic E-state index is -6.03. The molecular weight excluding hydrogens is 490 g/mol. The Hall–Kier alpha value is -1.82. The molecule has 0 aromatic carbocycles. The van der Waals surface area contributed by atoms with E-state index >= 15 is 0 Å². The number of ether oxygens (including phenoxy) is 3. The summed E-state index contributed by atoms with van der Waals surface area (Å²) in [5.74, 6) is -3.94. The lowest BCUT2D eigenvalue weighted by Crippen LogP contribution is -2.49. The van der Waals surface area contributed by atoms with Crippen LogP contribution in [0.15, 0.2) is 0 Å². The molecule has 1 heterocycles. The van der Waals surface area contributed by atoms with Gasteiger partial charge < -0.3 is 18.8 Å². The van der Waals surface area contributed by atoms with E-state index in [1.54, 1.807) is 0 Å². The maximum atomic E-state index is 13.6. The largest absolute Gasteiger partial charge is 0.743 e. The van der Waals surface area contributed by atoms with Gasteiger partial charge in [-0.15, -0.1) is 0 Å². The zero-order valence-corrected chi connectivity index (χ0v) is 19.7. The first kappa shape index (κ1) is 23.6. The van der Waals surface area contributed by atoms with Crippen LogP contribution in [-0.2, 0) is 38.7 Å². The first-order chi connectivity index (χ1) is 16.4. The van der Waals surface area contributed by atoms with Gasteiger partial charge in [0.2, 0.25) is 0 Å². The van der Waals surface area contributed by atoms with Crippen molar-refractivity contribution in [2.24, 2.45) is 46.8 Å². The Morgan fingerprint density at radius 1 is 1.06 bits per heavy atom. The van der Waals surface area contributed by atoms with E-state index in [9.17, 15) is 36.1 Å². The van der Waals surface area contributed by atoms with Gasteiger partial charge in [0, 0.05) is 11.8 Å². The predicted molar refractivity (Wildman–Crippen MR) is 109 cm³/mol. The summed E-state index contributed by atoms with van der Waals surface area (Å²) in [5, 5.41) is -4.79. The Bertz CT molecular complexity index is 1060. The number of rotatable bonds is 6. The molecule has 194 valence electrons. The molecule has 8 atom stereocenters. The van der Waals surface area contributed by atoms with Crippen molar-refractivity contribution in [3.8, 4) is 0 Å². The number of fused-ring (bicyclic) bond motifs is 2. The van der Waals surface area contributed by atoms with Crippen molar-refractivity contribution in [2.75, 3.05) is 6.61 Å². The number of carbonyl (C=O) groups is 3. The maximum Gasteiger partial charge on any atom is 0.367 e. The quantitative estimate of drug-likeness (QED) is 0.294. The first-order valence-electron chi connectivity index (χ1n) is 12.3. The molecule has 6 aliphatic carbocycles. The molecule has 1 aliphatic heterocycles. The molecule has 9 nitrogen and oxygen atoms in total. The Kier molecular flexibility index (Phi) is 5.12. The minimum Gasteiger partial charge on any atom is -0.743 e. The van der Waals surface area contributed by atoms with Crippen LogP contribution >= 0.6 is 0 Å². The van der Waals surface area contributed by atoms with Crippen LogP contribution < -0.4 is 0 Å². The highest BCUT2D eigenvalue weighted by Crippen LogP contribution is 2.61. The summed E-state index contributed by atoms with van der Waals surface area (Å²) < 4.78 is 75.2. The van der Waals surface area contributed by atoms with Crippen molar-refractivity contribution in [1.82, 2.24) is 0 Å². The number of hydrogen-bond acceptors (Lipinski definition) is 9. The van der Waals surface area contributed by atoms with Crippen molar-refractivity contribution in [2.45, 2.75) is 68.8 Å². The van der Waals surface area contributed by atoms with Crippen LogP contribution in [0.4, 0.5) is 8.78 Å². The van der Waals surface area contributed by atoms with Crippen molar-refractivity contribution in [3.05, 3.63) is 0 Å².